The summed E-state index contributed by atoms with van der Waals surface area (Å²) < 4.78 is 50.1. The summed E-state index contributed by atoms with van der Waals surface area (Å²) in [7, 11) is 0. The van der Waals surface area contributed by atoms with Crippen molar-refractivity contribution in [3.05, 3.63) is 75.8 Å². The van der Waals surface area contributed by atoms with Crippen LogP contribution in [-0.4, -0.2) is 35.0 Å². The van der Waals surface area contributed by atoms with Crippen LogP contribution < -0.4 is 0 Å². The van der Waals surface area contributed by atoms with Crippen LogP contribution in [-0.2, 0) is 66.2 Å². The molecule has 2 atom stereocenters. The van der Waals surface area contributed by atoms with E-state index >= 15 is 0 Å². The van der Waals surface area contributed by atoms with Crippen molar-refractivity contribution in [3.63, 3.8) is 0 Å². The van der Waals surface area contributed by atoms with Crippen LogP contribution in [0.3, 0.4) is 0 Å². The topological polar surface area (TPSA) is 186 Å². The van der Waals surface area contributed by atoms with E-state index in [2.05, 4.69) is 51.7 Å². The predicted molar refractivity (Wildman–Crippen MR) is 109 cm³/mol. The summed E-state index contributed by atoms with van der Waals surface area (Å²) in [6.45, 7) is 29.3. The van der Waals surface area contributed by atoms with Crippen molar-refractivity contribution >= 4 is 5.97 Å². The summed E-state index contributed by atoms with van der Waals surface area (Å²) in [6, 6.07) is 8.82. The van der Waals surface area contributed by atoms with Gasteiger partial charge in [0.2, 0.25) is 0 Å². The first kappa shape index (κ1) is 54.5. The minimum Gasteiger partial charge on any atom is 0 e. The first-order valence-corrected chi connectivity index (χ1v) is 8.94. The van der Waals surface area contributed by atoms with Gasteiger partial charge in [-0.3, -0.25) is 0 Å². The van der Waals surface area contributed by atoms with Gasteiger partial charge >= 0.3 is 73.8 Å². The second-order valence-corrected chi connectivity index (χ2v) is 5.08. The van der Waals surface area contributed by atoms with Crippen LogP contribution in [0.5, 0.6) is 0 Å². The second kappa shape index (κ2) is 58.5. The van der Waals surface area contributed by atoms with E-state index in [1.165, 1.54) is 0 Å². The zero-order chi connectivity index (χ0) is 28.2. The van der Waals surface area contributed by atoms with Gasteiger partial charge in [-0.1, -0.05) is 43.9 Å². The number of hydrogen-bond acceptors (Lipinski definition) is 4. The number of hydrogen-bond donors (Lipinski definition) is 2. The molecule has 1 aromatic carbocycles. The molecule has 0 spiro atoms. The number of aliphatic hydroxyl groups is 2. The number of unbranched alkanes of at least 4 members (excludes halogenated alkanes) is 2. The molecule has 2 N–H and O–H groups in total. The van der Waals surface area contributed by atoms with Crippen LogP contribution >= 0.6 is 0 Å². The molecule has 198 valence electrons. The summed E-state index contributed by atoms with van der Waals surface area (Å²) in [5, 5.41) is 19.3. The number of rotatable bonds is 8. The van der Waals surface area contributed by atoms with Crippen molar-refractivity contribution in [2.45, 2.75) is 51.2 Å². The van der Waals surface area contributed by atoms with E-state index in [0.29, 0.717) is 24.8 Å². The first-order valence-electron chi connectivity index (χ1n) is 8.94. The van der Waals surface area contributed by atoms with E-state index in [9.17, 15) is 15.0 Å². The Morgan fingerprint density at radius 2 is 1.31 bits per heavy atom. The van der Waals surface area contributed by atoms with Crippen LogP contribution in [0, 0.1) is 51.7 Å². The average Bonchev–Trinajstić information content (AvgIpc) is 2.96. The zero-order valence-corrected chi connectivity index (χ0v) is 21.2. The third-order valence-corrected chi connectivity index (χ3v) is 3.16. The standard InChI is InChI=1S/C18H24O4.6CO.2Co/c1-2-3-12-16(19)17(20)13-8-5-9-14-22-18(21)15-10-6-4-7-11-15;6*1-2;;/h4,6-7,10-11,16-17,19-20H,2-3,5,9,12,14H2,1H3;;;;;;;;. The van der Waals surface area contributed by atoms with Crippen molar-refractivity contribution in [3.8, 4) is 11.8 Å². The minimum absolute atomic E-state index is 0. The molecule has 0 bridgehead atoms. The number of aliphatic hydroxyl groups excluding tert-OH is 2. The summed E-state index contributed by atoms with van der Waals surface area (Å²) >= 11 is 0. The van der Waals surface area contributed by atoms with Gasteiger partial charge in [0.25, 0.3) is 0 Å². The van der Waals surface area contributed by atoms with E-state index in [0.717, 1.165) is 12.8 Å². The molecule has 0 aliphatic heterocycles. The quantitative estimate of drug-likeness (QED) is 0.155. The SMILES string of the molecule is CCCCC(O)C(O)C#CCCCOC(=O)c1ccccc1.[C-]#[O+].[C-]#[O+].[C-]#[O+].[C-]#[O+].[C-]#[O+].[C-]#[O+].[Co].[Co]. The van der Waals surface area contributed by atoms with Crippen molar-refractivity contribution in [2.75, 3.05) is 6.61 Å². The molecule has 36 heavy (non-hydrogen) atoms. The third-order valence-electron chi connectivity index (χ3n) is 3.16. The molecular formula is C24H24Co2O10. The molecule has 2 radical (unpaired) electrons. The van der Waals surface area contributed by atoms with Crippen molar-refractivity contribution in [1.82, 2.24) is 0 Å². The van der Waals surface area contributed by atoms with Crippen molar-refractivity contribution in [2.24, 2.45) is 0 Å². The second-order valence-electron chi connectivity index (χ2n) is 5.08. The molecule has 0 aliphatic carbocycles. The molecule has 0 fully saturated rings. The predicted octanol–water partition coefficient (Wildman–Crippen LogP) is 2.31. The average molecular weight is 590 g/mol. The molecule has 0 saturated carbocycles. The normalized spacial score (nSPS) is 8.19. The Balaban J connectivity index is -0.0000000816. The van der Waals surface area contributed by atoms with Crippen LogP contribution in [0.4, 0.5) is 0 Å². The Bertz CT molecular complexity index is 698. The van der Waals surface area contributed by atoms with Crippen LogP contribution in [0.1, 0.15) is 49.4 Å². The molecule has 1 aromatic rings. The maximum Gasteiger partial charge on any atom is 0 e. The largest absolute Gasteiger partial charge is 0 e. The molecule has 12 heteroatoms. The van der Waals surface area contributed by atoms with Gasteiger partial charge in [-0.25, -0.2) is 4.79 Å². The molecule has 0 saturated heterocycles. The van der Waals surface area contributed by atoms with Gasteiger partial charge in [-0.2, -0.15) is 0 Å². The summed E-state index contributed by atoms with van der Waals surface area (Å²) in [5.41, 5.74) is 0.531. The smallest absolute Gasteiger partial charge is 0 e. The molecule has 0 aromatic heterocycles. The first-order chi connectivity index (χ1) is 16.6. The van der Waals surface area contributed by atoms with Gasteiger partial charge in [0.15, 0.2) is 0 Å². The Kier molecular flexibility index (Phi) is 88.5. The Morgan fingerprint density at radius 3 is 1.72 bits per heavy atom. The Labute approximate surface area is 232 Å². The number of ether oxygens (including phenoxy) is 1. The van der Waals surface area contributed by atoms with Crippen LogP contribution in [0.2, 0.25) is 0 Å². The maximum atomic E-state index is 11.6. The number of carbonyl (C=O) groups excluding carboxylic acids is 1. The fourth-order valence-corrected chi connectivity index (χ4v) is 1.83. The Hall–Kier alpha value is -2.38. The summed E-state index contributed by atoms with van der Waals surface area (Å²) in [6.07, 6.45) is 1.73. The van der Waals surface area contributed by atoms with E-state index in [-0.39, 0.29) is 46.1 Å². The van der Waals surface area contributed by atoms with Crippen LogP contribution in [0.15, 0.2) is 30.3 Å². The number of carbonyl (C=O) groups is 1. The fourth-order valence-electron chi connectivity index (χ4n) is 1.83. The van der Waals surface area contributed by atoms with Crippen molar-refractivity contribution in [1.29, 1.82) is 0 Å². The minimum atomic E-state index is -1.00. The monoisotopic (exact) mass is 590 g/mol. The van der Waals surface area contributed by atoms with E-state index < -0.39 is 12.2 Å². The summed E-state index contributed by atoms with van der Waals surface area (Å²) in [5.74, 6) is 5.09. The molecule has 2 unspecified atom stereocenters. The maximum absolute atomic E-state index is 11.6. The molecule has 0 aliphatic rings. The molecular weight excluding hydrogens is 566 g/mol. The van der Waals surface area contributed by atoms with E-state index in [4.69, 9.17) is 32.6 Å². The third kappa shape index (κ3) is 41.8. The van der Waals surface area contributed by atoms with Gasteiger partial charge in [-0.05, 0) is 25.0 Å². The number of benzene rings is 1. The fraction of sp³-hybridized carbons (Fsp3) is 0.375. The van der Waals surface area contributed by atoms with Gasteiger partial charge in [0.1, 0.15) is 6.10 Å². The van der Waals surface area contributed by atoms with Gasteiger partial charge in [0.05, 0.1) is 18.3 Å². The number of esters is 1. The molecule has 10 nitrogen and oxygen atoms in total. The van der Waals surface area contributed by atoms with Gasteiger partial charge < -0.3 is 14.9 Å². The molecule has 1 rings (SSSR count). The molecule has 0 heterocycles. The van der Waals surface area contributed by atoms with E-state index in [1.54, 1.807) is 24.3 Å². The van der Waals surface area contributed by atoms with Crippen molar-refractivity contribution < 1.29 is 81.2 Å². The molecule has 0 amide bonds. The van der Waals surface area contributed by atoms with E-state index in [1.807, 2.05) is 13.0 Å². The van der Waals surface area contributed by atoms with Crippen LogP contribution in [0.25, 0.3) is 0 Å². The van der Waals surface area contributed by atoms with Gasteiger partial charge in [-0.15, -0.1) is 5.92 Å². The Morgan fingerprint density at radius 1 is 0.861 bits per heavy atom. The zero-order valence-electron chi connectivity index (χ0n) is 19.1. The van der Waals surface area contributed by atoms with Gasteiger partial charge in [0, 0.05) is 40.0 Å². The summed E-state index contributed by atoms with van der Waals surface area (Å²) in [4.78, 5) is 11.6.